The number of rotatable bonds is 11. The number of aliphatic imine (C=N–C) groups is 1. The van der Waals surface area contributed by atoms with Crippen LogP contribution in [0, 0.1) is 20.8 Å². The largest absolute Gasteiger partial charge is 0.460 e. The van der Waals surface area contributed by atoms with Gasteiger partial charge in [0.05, 0.1) is 12.2 Å². The van der Waals surface area contributed by atoms with Gasteiger partial charge >= 0.3 is 5.97 Å². The van der Waals surface area contributed by atoms with E-state index in [2.05, 4.69) is 37.7 Å². The summed E-state index contributed by atoms with van der Waals surface area (Å²) in [4.78, 5) is 37.9. The zero-order chi connectivity index (χ0) is 29.0. The normalized spacial score (nSPS) is 10.8. The second-order valence-electron chi connectivity index (χ2n) is 10.3. The van der Waals surface area contributed by atoms with Crippen molar-refractivity contribution in [2.75, 3.05) is 6.54 Å². The zero-order valence-corrected chi connectivity index (χ0v) is 25.2. The lowest BCUT2D eigenvalue weighted by molar-refractivity contribution is -0.154. The average Bonchev–Trinajstić information content (AvgIpc) is 2.78. The molecular weight excluding hydrogens is 464 g/mol. The molecule has 1 amide bonds. The fourth-order valence-corrected chi connectivity index (χ4v) is 3.01. The first kappa shape index (κ1) is 36.4. The number of carbonyl (C=O) groups is 3. The number of ether oxygens (including phenoxy) is 1. The monoisotopic (exact) mass is 516 g/mol. The van der Waals surface area contributed by atoms with E-state index in [9.17, 15) is 14.4 Å². The summed E-state index contributed by atoms with van der Waals surface area (Å²) in [5, 5.41) is 2.48. The van der Waals surface area contributed by atoms with Crippen molar-refractivity contribution in [1.82, 2.24) is 5.32 Å². The quantitative estimate of drug-likeness (QED) is 0.141. The number of amides is 1. The highest BCUT2D eigenvalue weighted by molar-refractivity contribution is 6.45. The number of hydrogen-bond donors (Lipinski definition) is 1. The van der Waals surface area contributed by atoms with Crippen molar-refractivity contribution < 1.29 is 19.1 Å². The summed E-state index contributed by atoms with van der Waals surface area (Å²) < 4.78 is 5.21. The minimum Gasteiger partial charge on any atom is -0.460 e. The van der Waals surface area contributed by atoms with Crippen LogP contribution in [0.1, 0.15) is 110 Å². The molecule has 0 unspecified atom stereocenters. The van der Waals surface area contributed by atoms with Crippen LogP contribution in [0.15, 0.2) is 29.3 Å². The topological polar surface area (TPSA) is 84.8 Å². The Kier molecular flexibility index (Phi) is 20.0. The number of aryl methyl sites for hydroxylation is 3. The number of aldehydes is 1. The molecule has 0 aliphatic rings. The molecule has 0 saturated heterocycles. The van der Waals surface area contributed by atoms with Crippen molar-refractivity contribution in [1.29, 1.82) is 0 Å². The van der Waals surface area contributed by atoms with Crippen LogP contribution in [-0.4, -0.2) is 36.0 Å². The Bertz CT molecular complexity index is 880. The van der Waals surface area contributed by atoms with E-state index in [1.54, 1.807) is 6.92 Å². The molecule has 1 rings (SSSR count). The molecule has 0 fully saturated rings. The standard InChI is InChI=1S/C16H20N2O2.C12H24O2.C3H8/c1-10(2)15(16(20)17-6-7-19)18-14-9-12(4)11(3)8-13(14)5;1-5-6-7-8-9-10-11(13)14-12(2,3)4;1-3-2/h7-9H,1,6H2,2-5H3,(H,17,20);5-10H2,1-4H3;3H2,1-2H3. The van der Waals surface area contributed by atoms with Gasteiger partial charge in [0, 0.05) is 6.42 Å². The molecule has 0 saturated carbocycles. The Morgan fingerprint density at radius 1 is 0.973 bits per heavy atom. The SMILES string of the molecule is C=C(C)C(=Nc1cc(C)c(C)cc1C)C(=O)NCC=O.CCC.CCCCCCCC(=O)OC(C)(C)C. The van der Waals surface area contributed by atoms with Crippen LogP contribution >= 0.6 is 0 Å². The number of benzene rings is 1. The minimum atomic E-state index is -0.387. The molecule has 0 aromatic heterocycles. The molecule has 0 atom stereocenters. The van der Waals surface area contributed by atoms with Crippen molar-refractivity contribution in [2.24, 2.45) is 4.99 Å². The summed E-state index contributed by atoms with van der Waals surface area (Å²) in [7, 11) is 0. The molecule has 37 heavy (non-hydrogen) atoms. The van der Waals surface area contributed by atoms with Gasteiger partial charge < -0.3 is 14.8 Å². The third kappa shape index (κ3) is 19.1. The zero-order valence-electron chi connectivity index (χ0n) is 25.2. The fourth-order valence-electron chi connectivity index (χ4n) is 3.01. The van der Waals surface area contributed by atoms with Crippen LogP contribution in [0.5, 0.6) is 0 Å². The predicted octanol–water partition coefficient (Wildman–Crippen LogP) is 7.68. The minimum absolute atomic E-state index is 0.0307. The lowest BCUT2D eigenvalue weighted by Crippen LogP contribution is -2.32. The van der Waals surface area contributed by atoms with Crippen molar-refractivity contribution in [3.8, 4) is 0 Å². The van der Waals surface area contributed by atoms with Crippen LogP contribution in [0.4, 0.5) is 5.69 Å². The highest BCUT2D eigenvalue weighted by Gasteiger charge is 2.15. The number of nitrogens with one attached hydrogen (secondary N) is 1. The molecule has 0 radical (unpaired) electrons. The molecule has 1 aromatic carbocycles. The Morgan fingerprint density at radius 2 is 1.51 bits per heavy atom. The second kappa shape index (κ2) is 20.3. The first-order chi connectivity index (χ1) is 17.2. The average molecular weight is 517 g/mol. The summed E-state index contributed by atoms with van der Waals surface area (Å²) in [6.45, 7) is 23.6. The third-order valence-electron chi connectivity index (χ3n) is 4.91. The molecule has 1 N–H and O–H groups in total. The Morgan fingerprint density at radius 3 is 2.00 bits per heavy atom. The van der Waals surface area contributed by atoms with Crippen molar-refractivity contribution >= 4 is 29.6 Å². The van der Waals surface area contributed by atoms with Crippen LogP contribution in [0.3, 0.4) is 0 Å². The van der Waals surface area contributed by atoms with Gasteiger partial charge in [-0.15, -0.1) is 0 Å². The van der Waals surface area contributed by atoms with E-state index < -0.39 is 0 Å². The molecule has 0 spiro atoms. The van der Waals surface area contributed by atoms with Crippen molar-refractivity contribution in [3.63, 3.8) is 0 Å². The second-order valence-corrected chi connectivity index (χ2v) is 10.3. The maximum atomic E-state index is 11.9. The van der Waals surface area contributed by atoms with Gasteiger partial charge in [0.1, 0.15) is 17.6 Å². The highest BCUT2D eigenvalue weighted by atomic mass is 16.6. The number of nitrogens with zero attached hydrogens (tertiary/aromatic N) is 1. The van der Waals surface area contributed by atoms with Gasteiger partial charge in [-0.1, -0.05) is 65.5 Å². The molecule has 0 aliphatic heterocycles. The molecule has 6 heteroatoms. The Labute approximate surface area is 226 Å². The van der Waals surface area contributed by atoms with Crippen molar-refractivity contribution in [3.05, 3.63) is 41.0 Å². The molecule has 1 aromatic rings. The lowest BCUT2D eigenvalue weighted by atomic mass is 10.0. The molecular formula is C31H52N2O4. The van der Waals surface area contributed by atoms with Gasteiger partial charge in [0.2, 0.25) is 0 Å². The van der Waals surface area contributed by atoms with Crippen molar-refractivity contribution in [2.45, 2.75) is 120 Å². The van der Waals surface area contributed by atoms with Gasteiger partial charge in [-0.2, -0.15) is 0 Å². The molecule has 0 bridgehead atoms. The van der Waals surface area contributed by atoms with Crippen LogP contribution < -0.4 is 5.32 Å². The maximum Gasteiger partial charge on any atom is 0.306 e. The Balaban J connectivity index is 0. The van der Waals surface area contributed by atoms with E-state index in [0.717, 1.165) is 29.7 Å². The van der Waals surface area contributed by atoms with Crippen LogP contribution in [0.25, 0.3) is 0 Å². The summed E-state index contributed by atoms with van der Waals surface area (Å²) in [5.41, 5.74) is 4.51. The van der Waals surface area contributed by atoms with E-state index in [4.69, 9.17) is 4.74 Å². The fraction of sp³-hybridized carbons (Fsp3) is 0.613. The summed E-state index contributed by atoms with van der Waals surface area (Å²) in [5.74, 6) is -0.448. The van der Waals surface area contributed by atoms with Gasteiger partial charge in [-0.3, -0.25) is 9.59 Å². The smallest absolute Gasteiger partial charge is 0.306 e. The molecule has 0 heterocycles. The van der Waals surface area contributed by atoms with Crippen LogP contribution in [0.2, 0.25) is 0 Å². The third-order valence-corrected chi connectivity index (χ3v) is 4.91. The predicted molar refractivity (Wildman–Crippen MR) is 157 cm³/mol. The summed E-state index contributed by atoms with van der Waals surface area (Å²) in [6, 6.07) is 3.98. The number of esters is 1. The lowest BCUT2D eigenvalue weighted by Gasteiger charge is -2.19. The number of hydrogen-bond acceptors (Lipinski definition) is 5. The molecule has 210 valence electrons. The van der Waals surface area contributed by atoms with E-state index in [-0.39, 0.29) is 29.7 Å². The van der Waals surface area contributed by atoms with Crippen LogP contribution in [-0.2, 0) is 19.1 Å². The van der Waals surface area contributed by atoms with E-state index in [0.29, 0.717) is 18.3 Å². The number of unbranched alkanes of at least 4 members (excludes halogenated alkanes) is 4. The molecule has 6 nitrogen and oxygen atoms in total. The maximum absolute atomic E-state index is 11.9. The van der Waals surface area contributed by atoms with Gasteiger partial charge in [-0.25, -0.2) is 4.99 Å². The Hall–Kier alpha value is -2.76. The summed E-state index contributed by atoms with van der Waals surface area (Å²) >= 11 is 0. The van der Waals surface area contributed by atoms with Gasteiger partial charge in [0.15, 0.2) is 0 Å². The number of carbonyl (C=O) groups excluding carboxylic acids is 3. The first-order valence-corrected chi connectivity index (χ1v) is 13.5. The van der Waals surface area contributed by atoms with E-state index >= 15 is 0 Å². The molecule has 0 aliphatic carbocycles. The van der Waals surface area contributed by atoms with E-state index in [1.165, 1.54) is 31.2 Å². The highest BCUT2D eigenvalue weighted by Crippen LogP contribution is 2.23. The van der Waals surface area contributed by atoms with Gasteiger partial charge in [0.25, 0.3) is 5.91 Å². The van der Waals surface area contributed by atoms with Gasteiger partial charge in [-0.05, 0) is 83.2 Å². The summed E-state index contributed by atoms with van der Waals surface area (Å²) in [6.07, 6.45) is 8.32. The first-order valence-electron chi connectivity index (χ1n) is 13.5. The van der Waals surface area contributed by atoms with E-state index in [1.807, 2.05) is 53.7 Å².